The van der Waals surface area contributed by atoms with Crippen molar-refractivity contribution in [3.63, 3.8) is 0 Å². The third-order valence-electron chi connectivity index (χ3n) is 6.80. The third kappa shape index (κ3) is 7.79. The number of hydrogen-bond donors (Lipinski definition) is 1. The highest BCUT2D eigenvalue weighted by molar-refractivity contribution is 7.92. The van der Waals surface area contributed by atoms with Crippen molar-refractivity contribution in [1.82, 2.24) is 9.55 Å². The molecule has 0 bridgehead atoms. The molecule has 0 aliphatic carbocycles. The summed E-state index contributed by atoms with van der Waals surface area (Å²) in [5.41, 5.74) is 2.41. The molecular weight excluding hydrogens is 662 g/mol. The van der Waals surface area contributed by atoms with E-state index in [9.17, 15) is 26.4 Å². The molecule has 0 radical (unpaired) electrons. The van der Waals surface area contributed by atoms with Gasteiger partial charge in [-0.25, -0.2) is 18.2 Å². The molecule has 7 nitrogen and oxygen atoms in total. The molecule has 0 unspecified atom stereocenters. The van der Waals surface area contributed by atoms with Crippen LogP contribution in [0.5, 0.6) is 0 Å². The fourth-order valence-electron chi connectivity index (χ4n) is 4.46. The minimum Gasteiger partial charge on any atom is -0.465 e. The molecule has 0 aliphatic heterocycles. The van der Waals surface area contributed by atoms with Crippen LogP contribution in [0.15, 0.2) is 102 Å². The summed E-state index contributed by atoms with van der Waals surface area (Å²) in [5, 5.41) is 0.915. The number of imidazole rings is 1. The Morgan fingerprint density at radius 1 is 0.957 bits per heavy atom. The van der Waals surface area contributed by atoms with Crippen molar-refractivity contribution in [2.24, 2.45) is 0 Å². The Kier molecular flexibility index (Phi) is 9.57. The van der Waals surface area contributed by atoms with E-state index in [4.69, 9.17) is 32.9 Å². The molecule has 5 rings (SSSR count). The van der Waals surface area contributed by atoms with E-state index >= 15 is 0 Å². The molecule has 0 atom stereocenters. The second-order valence-corrected chi connectivity index (χ2v) is 12.5. The van der Waals surface area contributed by atoms with Crippen LogP contribution in [0.4, 0.5) is 18.9 Å². The van der Waals surface area contributed by atoms with Crippen LogP contribution in [0.2, 0.25) is 10.0 Å². The highest BCUT2D eigenvalue weighted by atomic mass is 35.5. The lowest BCUT2D eigenvalue weighted by atomic mass is 10.1. The molecule has 0 saturated carbocycles. The molecule has 0 aliphatic rings. The van der Waals surface area contributed by atoms with Gasteiger partial charge in [0.05, 0.1) is 33.8 Å². The maximum atomic E-state index is 13.1. The SMILES string of the molecule is COC(=O)c1ccc(Cn2cc(-c3ccc(Cl)cc3Cl)nc2/C=C/c2ccc(NS(=O)(=O)c3cccc(C(F)(F)F)c3)cc2)cc1. The summed E-state index contributed by atoms with van der Waals surface area (Å²) in [7, 11) is -2.95. The van der Waals surface area contributed by atoms with Gasteiger partial charge in [0.15, 0.2) is 0 Å². The number of carbonyl (C=O) groups excluding carboxylic acids is 1. The van der Waals surface area contributed by atoms with Crippen molar-refractivity contribution < 1.29 is 31.1 Å². The monoisotopic (exact) mass is 685 g/mol. The van der Waals surface area contributed by atoms with Crippen molar-refractivity contribution in [2.45, 2.75) is 17.6 Å². The van der Waals surface area contributed by atoms with E-state index in [2.05, 4.69) is 4.72 Å². The van der Waals surface area contributed by atoms with Gasteiger partial charge < -0.3 is 9.30 Å². The maximum Gasteiger partial charge on any atom is 0.416 e. The van der Waals surface area contributed by atoms with Crippen molar-refractivity contribution >= 4 is 57.0 Å². The lowest BCUT2D eigenvalue weighted by molar-refractivity contribution is -0.137. The van der Waals surface area contributed by atoms with E-state index < -0.39 is 32.6 Å². The van der Waals surface area contributed by atoms with Crippen LogP contribution in [0, 0.1) is 0 Å². The predicted molar refractivity (Wildman–Crippen MR) is 172 cm³/mol. The number of aromatic nitrogens is 2. The lowest BCUT2D eigenvalue weighted by Gasteiger charge is -2.11. The number of nitrogens with zero attached hydrogens (tertiary/aromatic N) is 2. The van der Waals surface area contributed by atoms with Gasteiger partial charge in [0.25, 0.3) is 10.0 Å². The van der Waals surface area contributed by atoms with E-state index in [-0.39, 0.29) is 5.69 Å². The van der Waals surface area contributed by atoms with Crippen LogP contribution in [0.3, 0.4) is 0 Å². The number of anilines is 1. The number of alkyl halides is 3. The number of methoxy groups -OCH3 is 1. The van der Waals surface area contributed by atoms with E-state index in [0.29, 0.717) is 50.9 Å². The molecule has 236 valence electrons. The molecule has 0 amide bonds. The first-order valence-corrected chi connectivity index (χ1v) is 15.7. The van der Waals surface area contributed by atoms with Gasteiger partial charge in [-0.05, 0) is 77.9 Å². The first-order chi connectivity index (χ1) is 21.8. The molecular formula is C33H24Cl2F3N3O4S. The molecule has 1 aromatic heterocycles. The average Bonchev–Trinajstić information content (AvgIpc) is 3.42. The summed E-state index contributed by atoms with van der Waals surface area (Å²) in [4.78, 5) is 16.1. The number of ether oxygens (including phenoxy) is 1. The molecule has 5 aromatic rings. The summed E-state index contributed by atoms with van der Waals surface area (Å²) in [6.45, 7) is 0.412. The second kappa shape index (κ2) is 13.4. The van der Waals surface area contributed by atoms with Gasteiger partial charge in [-0.2, -0.15) is 13.2 Å². The van der Waals surface area contributed by atoms with E-state index in [0.717, 1.165) is 23.8 Å². The number of rotatable bonds is 9. The van der Waals surface area contributed by atoms with E-state index in [1.54, 1.807) is 54.6 Å². The quantitative estimate of drug-likeness (QED) is 0.157. The Morgan fingerprint density at radius 2 is 1.67 bits per heavy atom. The van der Waals surface area contributed by atoms with Crippen molar-refractivity contribution in [3.8, 4) is 11.3 Å². The standard InChI is InChI=1S/C33H24Cl2F3N3O4S/c1-45-32(42)23-10-5-22(6-11-23)19-41-20-30(28-15-12-25(34)18-29(28)35)39-31(41)16-9-21-7-13-26(14-8-21)40-46(43,44)27-4-2-3-24(17-27)33(36,37)38/h2-18,20,40H,19H2,1H3/b16-9+. The smallest absolute Gasteiger partial charge is 0.416 e. The Morgan fingerprint density at radius 3 is 2.33 bits per heavy atom. The Hall–Kier alpha value is -4.58. The topological polar surface area (TPSA) is 90.3 Å². The number of halogens is 5. The van der Waals surface area contributed by atoms with Crippen molar-refractivity contribution in [3.05, 3.63) is 135 Å². The molecule has 13 heteroatoms. The zero-order valence-electron chi connectivity index (χ0n) is 23.9. The van der Waals surface area contributed by atoms with Gasteiger partial charge in [-0.1, -0.05) is 59.6 Å². The van der Waals surface area contributed by atoms with Crippen LogP contribution < -0.4 is 4.72 Å². The first-order valence-electron chi connectivity index (χ1n) is 13.5. The van der Waals surface area contributed by atoms with Crippen LogP contribution in [0.25, 0.3) is 23.4 Å². The van der Waals surface area contributed by atoms with Gasteiger partial charge in [0.2, 0.25) is 0 Å². The lowest BCUT2D eigenvalue weighted by Crippen LogP contribution is -2.14. The molecule has 0 spiro atoms. The fraction of sp³-hybridized carbons (Fsp3) is 0.0909. The van der Waals surface area contributed by atoms with Gasteiger partial charge in [0, 0.05) is 29.0 Å². The first kappa shape index (κ1) is 32.8. The minimum absolute atomic E-state index is 0.172. The summed E-state index contributed by atoms with van der Waals surface area (Å²) < 4.78 is 73.7. The highest BCUT2D eigenvalue weighted by Crippen LogP contribution is 2.32. The van der Waals surface area contributed by atoms with Crippen LogP contribution in [0.1, 0.15) is 32.9 Å². The number of hydrogen-bond acceptors (Lipinski definition) is 5. The zero-order valence-corrected chi connectivity index (χ0v) is 26.3. The highest BCUT2D eigenvalue weighted by Gasteiger charge is 2.31. The molecule has 46 heavy (non-hydrogen) atoms. The fourth-order valence-corrected chi connectivity index (χ4v) is 6.07. The van der Waals surface area contributed by atoms with Crippen LogP contribution >= 0.6 is 23.2 Å². The van der Waals surface area contributed by atoms with Gasteiger partial charge in [0.1, 0.15) is 5.82 Å². The summed E-state index contributed by atoms with van der Waals surface area (Å²) >= 11 is 12.5. The van der Waals surface area contributed by atoms with Gasteiger partial charge in [-0.3, -0.25) is 4.72 Å². The number of carbonyl (C=O) groups is 1. The van der Waals surface area contributed by atoms with Crippen molar-refractivity contribution in [2.75, 3.05) is 11.8 Å². The predicted octanol–water partition coefficient (Wildman–Crippen LogP) is 8.68. The minimum atomic E-state index is -4.68. The average molecular weight is 687 g/mol. The summed E-state index contributed by atoms with van der Waals surface area (Å²) in [6.07, 6.45) is 0.718. The Bertz CT molecular complexity index is 2030. The number of nitrogens with one attached hydrogen (secondary N) is 1. The summed E-state index contributed by atoms with van der Waals surface area (Å²) in [6, 6.07) is 21.9. The van der Waals surface area contributed by atoms with E-state index in [1.165, 1.54) is 19.2 Å². The molecule has 1 N–H and O–H groups in total. The zero-order chi connectivity index (χ0) is 33.1. The van der Waals surface area contributed by atoms with Crippen molar-refractivity contribution in [1.29, 1.82) is 0 Å². The van der Waals surface area contributed by atoms with Gasteiger partial charge >= 0.3 is 12.1 Å². The number of esters is 1. The van der Waals surface area contributed by atoms with Crippen LogP contribution in [-0.4, -0.2) is 31.0 Å². The normalized spacial score (nSPS) is 12.0. The number of sulfonamides is 1. The molecule has 0 saturated heterocycles. The largest absolute Gasteiger partial charge is 0.465 e. The Labute approximate surface area is 272 Å². The number of benzene rings is 4. The maximum absolute atomic E-state index is 13.1. The van der Waals surface area contributed by atoms with Gasteiger partial charge in [-0.15, -0.1) is 0 Å². The summed E-state index contributed by atoms with van der Waals surface area (Å²) in [5.74, 6) is 0.138. The second-order valence-electron chi connectivity index (χ2n) is 10.0. The molecule has 0 fully saturated rings. The van der Waals surface area contributed by atoms with Crippen LogP contribution in [-0.2, 0) is 27.5 Å². The third-order valence-corrected chi connectivity index (χ3v) is 8.73. The van der Waals surface area contributed by atoms with E-state index in [1.807, 2.05) is 22.9 Å². The molecule has 4 aromatic carbocycles. The Balaban J connectivity index is 1.39. The molecule has 1 heterocycles.